The van der Waals surface area contributed by atoms with Gasteiger partial charge in [0.15, 0.2) is 0 Å². The fourth-order valence-corrected chi connectivity index (χ4v) is 1.65. The molecule has 0 aromatic rings. The van der Waals surface area contributed by atoms with Crippen molar-refractivity contribution in [3.05, 3.63) is 0 Å². The number of aliphatic carboxylic acids is 1. The molecular formula is C8H5F10NO2. The van der Waals surface area contributed by atoms with Gasteiger partial charge in [-0.05, 0) is 6.92 Å². The van der Waals surface area contributed by atoms with Crippen LogP contribution in [0, 0.1) is 0 Å². The summed E-state index contributed by atoms with van der Waals surface area (Å²) in [6.07, 6.45) is 0. The van der Waals surface area contributed by atoms with Gasteiger partial charge < -0.3 is 5.11 Å². The van der Waals surface area contributed by atoms with Gasteiger partial charge in [-0.3, -0.25) is 4.79 Å². The molecule has 124 valence electrons. The first kappa shape index (κ1) is 17.8. The van der Waals surface area contributed by atoms with E-state index in [9.17, 15) is 48.7 Å². The third-order valence-corrected chi connectivity index (χ3v) is 2.89. The van der Waals surface area contributed by atoms with Crippen LogP contribution in [0.4, 0.5) is 43.9 Å². The lowest BCUT2D eigenvalue weighted by molar-refractivity contribution is -0.509. The van der Waals surface area contributed by atoms with Gasteiger partial charge in [0.05, 0.1) is 0 Å². The molecule has 1 saturated heterocycles. The molecule has 0 saturated carbocycles. The highest BCUT2D eigenvalue weighted by Gasteiger charge is 2.95. The molecule has 0 aromatic heterocycles. The summed E-state index contributed by atoms with van der Waals surface area (Å²) in [5, 5.41) is 8.28. The highest BCUT2D eigenvalue weighted by Crippen LogP contribution is 2.64. The van der Waals surface area contributed by atoms with E-state index >= 15 is 0 Å². The number of hydrogen-bond acceptors (Lipinski definition) is 2. The minimum Gasteiger partial charge on any atom is -0.480 e. The van der Waals surface area contributed by atoms with E-state index < -0.39 is 46.8 Å². The smallest absolute Gasteiger partial charge is 0.393 e. The monoisotopic (exact) mass is 337 g/mol. The van der Waals surface area contributed by atoms with Crippen LogP contribution in [0.2, 0.25) is 0 Å². The number of alkyl halides is 10. The molecule has 0 aromatic carbocycles. The molecule has 13 heteroatoms. The molecule has 0 spiro atoms. The van der Waals surface area contributed by atoms with Crippen LogP contribution < -0.4 is 0 Å². The lowest BCUT2D eigenvalue weighted by atomic mass is 9.92. The van der Waals surface area contributed by atoms with Gasteiger partial charge in [-0.25, -0.2) is 0 Å². The Morgan fingerprint density at radius 2 is 1.10 bits per heavy atom. The van der Waals surface area contributed by atoms with Crippen LogP contribution in [-0.2, 0) is 4.79 Å². The zero-order valence-electron chi connectivity index (χ0n) is 9.66. The minimum absolute atomic E-state index is 0.0558. The van der Waals surface area contributed by atoms with Crippen molar-refractivity contribution in [2.75, 3.05) is 0 Å². The Balaban J connectivity index is 3.70. The third kappa shape index (κ3) is 1.75. The topological polar surface area (TPSA) is 40.5 Å². The van der Waals surface area contributed by atoms with Crippen LogP contribution >= 0.6 is 0 Å². The molecule has 0 radical (unpaired) electrons. The number of nitrogens with zero attached hydrogens (tertiary/aromatic N) is 1. The van der Waals surface area contributed by atoms with Crippen LogP contribution in [0.5, 0.6) is 0 Å². The summed E-state index contributed by atoms with van der Waals surface area (Å²) >= 11 is 0. The molecule has 1 unspecified atom stereocenters. The van der Waals surface area contributed by atoms with Crippen molar-refractivity contribution in [2.24, 2.45) is 0 Å². The Labute approximate surface area is 109 Å². The number of carboxylic acid groups (broad SMARTS) is 1. The highest BCUT2D eigenvalue weighted by atomic mass is 19.4. The molecule has 1 heterocycles. The quantitative estimate of drug-likeness (QED) is 0.622. The van der Waals surface area contributed by atoms with Crippen molar-refractivity contribution in [3.63, 3.8) is 0 Å². The van der Waals surface area contributed by atoms with Crippen LogP contribution in [0.25, 0.3) is 0 Å². The van der Waals surface area contributed by atoms with Gasteiger partial charge in [0.2, 0.25) is 0 Å². The van der Waals surface area contributed by atoms with E-state index in [1.54, 1.807) is 0 Å². The highest BCUT2D eigenvalue weighted by molar-refractivity contribution is 5.73. The fourth-order valence-electron chi connectivity index (χ4n) is 1.65. The summed E-state index contributed by atoms with van der Waals surface area (Å²) in [4.78, 5) is 7.95. The van der Waals surface area contributed by atoms with Gasteiger partial charge >= 0.3 is 35.8 Å². The molecule has 1 atom stereocenters. The Kier molecular flexibility index (Phi) is 3.50. The standard InChI is InChI=1S/C8H5F10NO2/c1-2(3(20)21)19-7(15,16)5(11,12)4(9,10)6(13,14)8(19,17)18/h2H,1H3,(H,20,21). The number of hydrogen-bond donors (Lipinski definition) is 1. The molecule has 0 aliphatic carbocycles. The maximum absolute atomic E-state index is 13.2. The summed E-state index contributed by atoms with van der Waals surface area (Å²) < 4.78 is 130. The number of piperidine rings is 1. The maximum Gasteiger partial charge on any atom is 0.393 e. The van der Waals surface area contributed by atoms with E-state index in [1.807, 2.05) is 0 Å². The van der Waals surface area contributed by atoms with Crippen molar-refractivity contribution >= 4 is 5.97 Å². The van der Waals surface area contributed by atoms with E-state index in [-0.39, 0.29) is 6.92 Å². The normalized spacial score (nSPS) is 30.6. The molecular weight excluding hydrogens is 332 g/mol. The van der Waals surface area contributed by atoms with E-state index in [0.29, 0.717) is 0 Å². The maximum atomic E-state index is 13.2. The van der Waals surface area contributed by atoms with Crippen LogP contribution in [0.3, 0.4) is 0 Å². The number of halogens is 10. The fraction of sp³-hybridized carbons (Fsp3) is 0.875. The predicted octanol–water partition coefficient (Wildman–Crippen LogP) is 2.87. The number of carbonyl (C=O) groups is 1. The summed E-state index contributed by atoms with van der Waals surface area (Å²) in [6.45, 7) is -0.0558. The molecule has 0 bridgehead atoms. The van der Waals surface area contributed by atoms with Crippen molar-refractivity contribution in [1.82, 2.24) is 4.90 Å². The van der Waals surface area contributed by atoms with E-state index in [1.165, 1.54) is 0 Å². The lowest BCUT2D eigenvalue weighted by Crippen LogP contribution is -2.83. The number of likely N-dealkylation sites (tertiary alicyclic amines) is 1. The average molecular weight is 337 g/mol. The zero-order chi connectivity index (χ0) is 17.2. The summed E-state index contributed by atoms with van der Waals surface area (Å²) in [7, 11) is 0. The molecule has 3 nitrogen and oxygen atoms in total. The molecule has 1 rings (SSSR count). The van der Waals surface area contributed by atoms with Gasteiger partial charge in [-0.2, -0.15) is 48.8 Å². The molecule has 21 heavy (non-hydrogen) atoms. The van der Waals surface area contributed by atoms with Crippen molar-refractivity contribution in [2.45, 2.75) is 42.8 Å². The molecule has 1 aliphatic heterocycles. The van der Waals surface area contributed by atoms with E-state index in [0.717, 1.165) is 0 Å². The van der Waals surface area contributed by atoms with Crippen LogP contribution in [0.15, 0.2) is 0 Å². The number of rotatable bonds is 2. The molecule has 1 fully saturated rings. The largest absolute Gasteiger partial charge is 0.480 e. The van der Waals surface area contributed by atoms with Crippen molar-refractivity contribution in [1.29, 1.82) is 0 Å². The second-order valence-electron chi connectivity index (χ2n) is 4.19. The van der Waals surface area contributed by atoms with Gasteiger partial charge in [-0.1, -0.05) is 0 Å². The first-order chi connectivity index (χ1) is 8.98. The van der Waals surface area contributed by atoms with E-state index in [2.05, 4.69) is 0 Å². The second kappa shape index (κ2) is 4.14. The Morgan fingerprint density at radius 1 is 0.810 bits per heavy atom. The zero-order valence-corrected chi connectivity index (χ0v) is 9.66. The Morgan fingerprint density at radius 3 is 1.33 bits per heavy atom. The lowest BCUT2D eigenvalue weighted by Gasteiger charge is -2.52. The third-order valence-electron chi connectivity index (χ3n) is 2.89. The molecule has 0 amide bonds. The van der Waals surface area contributed by atoms with Gasteiger partial charge in [0.1, 0.15) is 6.04 Å². The van der Waals surface area contributed by atoms with Gasteiger partial charge in [0.25, 0.3) is 0 Å². The van der Waals surface area contributed by atoms with Gasteiger partial charge in [0, 0.05) is 0 Å². The molecule has 1 N–H and O–H groups in total. The number of carboxylic acids is 1. The van der Waals surface area contributed by atoms with Gasteiger partial charge in [-0.15, -0.1) is 0 Å². The van der Waals surface area contributed by atoms with E-state index in [4.69, 9.17) is 5.11 Å². The Bertz CT molecular complexity index is 432. The first-order valence-electron chi connectivity index (χ1n) is 4.89. The molecule has 1 aliphatic rings. The second-order valence-corrected chi connectivity index (χ2v) is 4.19. The average Bonchev–Trinajstić information content (AvgIpc) is 2.25. The van der Waals surface area contributed by atoms with Crippen LogP contribution in [0.1, 0.15) is 6.92 Å². The first-order valence-corrected chi connectivity index (χ1v) is 4.89. The van der Waals surface area contributed by atoms with Crippen LogP contribution in [-0.4, -0.2) is 51.9 Å². The Hall–Kier alpha value is -1.27. The minimum atomic E-state index is -7.11. The van der Waals surface area contributed by atoms with Crippen molar-refractivity contribution in [3.8, 4) is 0 Å². The summed E-state index contributed by atoms with van der Waals surface area (Å²) in [6, 6.07) is -16.4. The van der Waals surface area contributed by atoms with Crippen molar-refractivity contribution < 1.29 is 53.8 Å². The summed E-state index contributed by atoms with van der Waals surface area (Å²) in [5.41, 5.74) is 0. The summed E-state index contributed by atoms with van der Waals surface area (Å²) in [5.74, 6) is -23.6. The predicted molar refractivity (Wildman–Crippen MR) is 43.7 cm³/mol. The SMILES string of the molecule is CC(C(=O)O)N1C(F)(F)C(F)(F)C(F)(F)C(F)(F)C1(F)F.